The van der Waals surface area contributed by atoms with Gasteiger partial charge < -0.3 is 19.7 Å². The largest absolute Gasteiger partial charge is 0.508 e. The summed E-state index contributed by atoms with van der Waals surface area (Å²) in [4.78, 5) is 38.9. The van der Waals surface area contributed by atoms with E-state index >= 15 is 8.78 Å². The van der Waals surface area contributed by atoms with Crippen molar-refractivity contribution >= 4 is 28.8 Å². The van der Waals surface area contributed by atoms with E-state index in [2.05, 4.69) is 0 Å². The van der Waals surface area contributed by atoms with Crippen molar-refractivity contribution in [3.05, 3.63) is 29.3 Å². The van der Waals surface area contributed by atoms with E-state index in [1.807, 2.05) is 0 Å². The maximum atomic E-state index is 17.0. The Morgan fingerprint density at radius 2 is 2.00 bits per heavy atom. The second-order valence-electron chi connectivity index (χ2n) is 11.1. The Morgan fingerprint density at radius 3 is 2.65 bits per heavy atom. The Bertz CT molecular complexity index is 1150. The minimum atomic E-state index is -2.30. The van der Waals surface area contributed by atoms with Crippen molar-refractivity contribution < 1.29 is 42.9 Å². The molecule has 2 unspecified atom stereocenters. The van der Waals surface area contributed by atoms with Crippen LogP contribution in [0.2, 0.25) is 0 Å². The lowest BCUT2D eigenvalue weighted by molar-refractivity contribution is -0.213. The predicted octanol–water partition coefficient (Wildman–Crippen LogP) is 4.28. The van der Waals surface area contributed by atoms with Crippen LogP contribution in [0.25, 0.3) is 0 Å². The molecule has 0 amide bonds. The second-order valence-corrected chi connectivity index (χ2v) is 12.3. The van der Waals surface area contributed by atoms with E-state index < -0.39 is 69.0 Å². The average Bonchev–Trinajstić information content (AvgIpc) is 3.34. The van der Waals surface area contributed by atoms with Crippen LogP contribution in [0.3, 0.4) is 0 Å². The fourth-order valence-corrected chi connectivity index (χ4v) is 8.90. The number of thioether (sulfide) groups is 1. The van der Waals surface area contributed by atoms with Crippen LogP contribution in [0.1, 0.15) is 70.2 Å². The quantitative estimate of drug-likeness (QED) is 0.547. The van der Waals surface area contributed by atoms with E-state index in [0.29, 0.717) is 6.42 Å². The highest BCUT2D eigenvalue weighted by Gasteiger charge is 2.75. The Labute approximate surface area is 218 Å². The zero-order chi connectivity index (χ0) is 26.9. The summed E-state index contributed by atoms with van der Waals surface area (Å²) in [5.41, 5.74) is -5.22. The lowest BCUT2D eigenvalue weighted by Crippen LogP contribution is -2.64. The number of ether oxygens (including phenoxy) is 2. The fraction of sp³-hybridized carbons (Fsp3) is 0.667. The van der Waals surface area contributed by atoms with Crippen LogP contribution in [0.4, 0.5) is 8.78 Å². The third kappa shape index (κ3) is 3.57. The number of benzene rings is 1. The van der Waals surface area contributed by atoms with E-state index in [-0.39, 0.29) is 49.2 Å². The summed E-state index contributed by atoms with van der Waals surface area (Å²) in [6, 6.07) is 3.80. The van der Waals surface area contributed by atoms with Crippen LogP contribution < -0.4 is 0 Å². The normalized spacial score (nSPS) is 42.4. The number of aromatic hydroxyl groups is 1. The Kier molecular flexibility index (Phi) is 6.38. The van der Waals surface area contributed by atoms with E-state index in [0.717, 1.165) is 11.8 Å². The molecule has 0 spiro atoms. The number of esters is 2. The van der Waals surface area contributed by atoms with Gasteiger partial charge in [-0.15, -0.1) is 0 Å². The number of halogens is 2. The molecule has 1 aliphatic heterocycles. The molecule has 5 rings (SSSR count). The molecule has 1 saturated heterocycles. The van der Waals surface area contributed by atoms with Crippen molar-refractivity contribution in [2.24, 2.45) is 23.2 Å². The molecule has 2 N–H and O–H groups in total. The molecule has 0 aromatic heterocycles. The number of hydrogen-bond acceptors (Lipinski definition) is 8. The molecule has 202 valence electrons. The molecule has 37 heavy (non-hydrogen) atoms. The molecule has 9 atom stereocenters. The SMILES string of the molecule is CCC(=O)O[C@]1(C(=O)S[C@H]2CCOC2=O)[C@H](C)CC2C3C[C@H](F)c4cc(O)ccc4[C@@]3(F)[C@@H](O)C[C@@]21C. The molecule has 2 saturated carbocycles. The van der Waals surface area contributed by atoms with Gasteiger partial charge in [0, 0.05) is 30.1 Å². The Hall–Kier alpha value is -2.20. The first kappa shape index (κ1) is 26.4. The van der Waals surface area contributed by atoms with Gasteiger partial charge in [-0.2, -0.15) is 0 Å². The lowest BCUT2D eigenvalue weighted by atomic mass is 9.50. The van der Waals surface area contributed by atoms with Crippen LogP contribution >= 0.6 is 11.8 Å². The average molecular weight is 539 g/mol. The molecule has 7 nitrogen and oxygen atoms in total. The standard InChI is InChI=1S/C27H32F2O7S/c1-4-22(32)36-27(24(34)37-20-7-8-35-23(20)33)13(2)9-17-18-11-19(28)15-10-14(30)5-6-16(15)26(18,29)21(31)12-25(17,27)3/h5-6,10,13,17-21,30-31H,4,7-9,11-12H2,1-3H3/t13-,17?,18?,19+,20+,21+,25+,26+,27+/m1/s1. The van der Waals surface area contributed by atoms with Gasteiger partial charge in [0.25, 0.3) is 0 Å². The number of fused-ring (bicyclic) bond motifs is 5. The first-order chi connectivity index (χ1) is 17.4. The summed E-state index contributed by atoms with van der Waals surface area (Å²) in [5.74, 6) is -3.47. The maximum Gasteiger partial charge on any atom is 0.319 e. The van der Waals surface area contributed by atoms with Crippen LogP contribution in [0, 0.1) is 23.2 Å². The number of alkyl halides is 2. The molecule has 3 aliphatic carbocycles. The van der Waals surface area contributed by atoms with E-state index in [1.165, 1.54) is 18.2 Å². The number of carbonyl (C=O) groups is 3. The summed E-state index contributed by atoms with van der Waals surface area (Å²) >= 11 is 0.774. The van der Waals surface area contributed by atoms with Gasteiger partial charge in [-0.1, -0.05) is 38.6 Å². The highest BCUT2D eigenvalue weighted by molar-refractivity contribution is 8.14. The van der Waals surface area contributed by atoms with E-state index in [4.69, 9.17) is 9.47 Å². The van der Waals surface area contributed by atoms with Gasteiger partial charge in [-0.05, 0) is 48.4 Å². The number of phenols is 1. The minimum Gasteiger partial charge on any atom is -0.508 e. The lowest BCUT2D eigenvalue weighted by Gasteiger charge is -2.57. The number of rotatable bonds is 4. The van der Waals surface area contributed by atoms with Gasteiger partial charge >= 0.3 is 11.9 Å². The fourth-order valence-electron chi connectivity index (χ4n) is 7.62. The van der Waals surface area contributed by atoms with Crippen molar-refractivity contribution in [2.45, 2.75) is 81.7 Å². The molecule has 1 aromatic carbocycles. The number of aliphatic hydroxyl groups excluding tert-OH is 1. The number of phenolic OH excluding ortho intramolecular Hbond substituents is 1. The number of aliphatic hydroxyl groups is 1. The maximum absolute atomic E-state index is 17.0. The van der Waals surface area contributed by atoms with Gasteiger partial charge in [0.15, 0.2) is 11.3 Å². The molecule has 0 radical (unpaired) electrons. The molecule has 3 fully saturated rings. The summed E-state index contributed by atoms with van der Waals surface area (Å²) < 4.78 is 43.5. The molecule has 10 heteroatoms. The van der Waals surface area contributed by atoms with Crippen molar-refractivity contribution in [3.8, 4) is 5.75 Å². The molecular formula is C27H32F2O7S. The number of carbonyl (C=O) groups excluding carboxylic acids is 3. The van der Waals surface area contributed by atoms with Crippen molar-refractivity contribution in [1.29, 1.82) is 0 Å². The third-order valence-electron chi connectivity index (χ3n) is 9.35. The summed E-state index contributed by atoms with van der Waals surface area (Å²) in [6.07, 6.45) is -3.02. The monoisotopic (exact) mass is 538 g/mol. The van der Waals surface area contributed by atoms with Gasteiger partial charge in [-0.3, -0.25) is 14.4 Å². The summed E-state index contributed by atoms with van der Waals surface area (Å²) in [7, 11) is 0. The van der Waals surface area contributed by atoms with E-state index in [1.54, 1.807) is 20.8 Å². The highest BCUT2D eigenvalue weighted by atomic mass is 32.2. The third-order valence-corrected chi connectivity index (χ3v) is 10.6. The topological polar surface area (TPSA) is 110 Å². The first-order valence-corrected chi connectivity index (χ1v) is 13.7. The van der Waals surface area contributed by atoms with Crippen LogP contribution in [0.15, 0.2) is 18.2 Å². The highest BCUT2D eigenvalue weighted by Crippen LogP contribution is 2.70. The summed E-state index contributed by atoms with van der Waals surface area (Å²) in [5, 5.41) is 20.0. The molecule has 1 aromatic rings. The Morgan fingerprint density at radius 1 is 1.27 bits per heavy atom. The van der Waals surface area contributed by atoms with Gasteiger partial charge in [0.05, 0.1) is 12.7 Å². The van der Waals surface area contributed by atoms with Crippen LogP contribution in [-0.2, 0) is 29.5 Å². The van der Waals surface area contributed by atoms with E-state index in [9.17, 15) is 24.6 Å². The zero-order valence-corrected chi connectivity index (χ0v) is 21.9. The molecule has 1 heterocycles. The first-order valence-electron chi connectivity index (χ1n) is 12.8. The second kappa shape index (κ2) is 8.93. The van der Waals surface area contributed by atoms with Crippen molar-refractivity contribution in [2.75, 3.05) is 6.61 Å². The van der Waals surface area contributed by atoms with Crippen molar-refractivity contribution in [1.82, 2.24) is 0 Å². The van der Waals surface area contributed by atoms with Crippen LogP contribution in [-0.4, -0.2) is 50.8 Å². The van der Waals surface area contributed by atoms with Gasteiger partial charge in [0.1, 0.15) is 17.2 Å². The van der Waals surface area contributed by atoms with Crippen molar-refractivity contribution in [3.63, 3.8) is 0 Å². The Balaban J connectivity index is 1.61. The smallest absolute Gasteiger partial charge is 0.319 e. The number of hydrogen-bond donors (Lipinski definition) is 2. The predicted molar refractivity (Wildman–Crippen MR) is 130 cm³/mol. The summed E-state index contributed by atoms with van der Waals surface area (Å²) in [6.45, 7) is 5.27. The van der Waals surface area contributed by atoms with Gasteiger partial charge in [-0.25, -0.2) is 8.78 Å². The molecule has 4 aliphatic rings. The van der Waals surface area contributed by atoms with Crippen LogP contribution in [0.5, 0.6) is 5.75 Å². The molecular weight excluding hydrogens is 506 g/mol. The minimum absolute atomic E-state index is 0.00108. The number of cyclic esters (lactones) is 1. The van der Waals surface area contributed by atoms with Gasteiger partial charge in [0.2, 0.25) is 5.12 Å². The molecule has 0 bridgehead atoms. The zero-order valence-electron chi connectivity index (χ0n) is 21.0.